The number of hydrogen-bond donors (Lipinski definition) is 0. The number of aromatic nitrogens is 3. The Morgan fingerprint density at radius 1 is 0.466 bits per heavy atom. The molecule has 0 amide bonds. The van der Waals surface area contributed by atoms with E-state index in [-0.39, 0.29) is 0 Å². The number of benzene rings is 8. The lowest BCUT2D eigenvalue weighted by atomic mass is 9.91. The predicted octanol–water partition coefficient (Wildman–Crippen LogP) is 14.3. The van der Waals surface area contributed by atoms with Crippen LogP contribution in [-0.2, 0) is 6.42 Å². The molecular weight excluding hydrogens is 727 g/mol. The molecule has 0 atom stereocenters. The quantitative estimate of drug-likeness (QED) is 0.175. The maximum atomic E-state index is 6.78. The third-order valence-electron chi connectivity index (χ3n) is 11.6. The molecule has 0 saturated heterocycles. The molecule has 3 aromatic heterocycles. The number of para-hydroxylation sites is 1. The van der Waals surface area contributed by atoms with Gasteiger partial charge >= 0.3 is 0 Å². The van der Waals surface area contributed by atoms with E-state index in [1.54, 1.807) is 0 Å². The summed E-state index contributed by atoms with van der Waals surface area (Å²) in [5.41, 5.74) is 10.2. The molecule has 11 aromatic rings. The highest BCUT2D eigenvalue weighted by Gasteiger charge is 2.25. The molecule has 0 bridgehead atoms. The van der Waals surface area contributed by atoms with E-state index in [1.165, 1.54) is 36.7 Å². The van der Waals surface area contributed by atoms with Crippen LogP contribution in [0.2, 0.25) is 0 Å². The van der Waals surface area contributed by atoms with Gasteiger partial charge in [0.1, 0.15) is 11.2 Å². The first-order valence-electron chi connectivity index (χ1n) is 19.7. The topological polar surface area (TPSA) is 51.8 Å². The maximum absolute atomic E-state index is 6.78. The van der Waals surface area contributed by atoms with Crippen molar-refractivity contribution >= 4 is 70.5 Å². The summed E-state index contributed by atoms with van der Waals surface area (Å²) in [6, 6.07) is 60.1. The van der Waals surface area contributed by atoms with Crippen LogP contribution in [0.4, 0.5) is 0 Å². The summed E-state index contributed by atoms with van der Waals surface area (Å²) in [6.07, 6.45) is 4.27. The van der Waals surface area contributed by atoms with Crippen molar-refractivity contribution in [3.8, 4) is 45.0 Å². The molecule has 0 radical (unpaired) electrons. The fourth-order valence-corrected chi connectivity index (χ4v) is 10.1. The zero-order valence-electron chi connectivity index (χ0n) is 31.3. The van der Waals surface area contributed by atoms with Crippen molar-refractivity contribution < 1.29 is 4.42 Å². The molecule has 3 heterocycles. The van der Waals surface area contributed by atoms with Gasteiger partial charge in [-0.25, -0.2) is 15.0 Å². The monoisotopic (exact) mass is 759 g/mol. The van der Waals surface area contributed by atoms with Crippen LogP contribution in [0.1, 0.15) is 22.7 Å². The summed E-state index contributed by atoms with van der Waals surface area (Å²) in [4.78, 5) is 17.4. The zero-order chi connectivity index (χ0) is 38.2. The van der Waals surface area contributed by atoms with Gasteiger partial charge in [0, 0.05) is 53.6 Å². The minimum atomic E-state index is 0.635. The number of allylic oxidation sites excluding steroid dienone is 1. The third-order valence-corrected chi connectivity index (χ3v) is 12.8. The SMILES string of the molecule is C1=C(c2nc(-c3ccc4ccccc4c3)nc(-c3ccccc3-c3ccc(-c4ccc5ccccc5c4)c4oc5ccccc5c34)n2)c2c(sc3ccccc23)CC1. The Hall–Kier alpha value is -7.21. The number of nitrogens with zero attached hydrogens (tertiary/aromatic N) is 3. The van der Waals surface area contributed by atoms with Gasteiger partial charge in [-0.2, -0.15) is 0 Å². The van der Waals surface area contributed by atoms with Crippen molar-refractivity contribution in [3.05, 3.63) is 192 Å². The van der Waals surface area contributed by atoms with Crippen LogP contribution in [0, 0.1) is 0 Å². The van der Waals surface area contributed by atoms with E-state index in [0.717, 1.165) is 79.1 Å². The molecule has 8 aromatic carbocycles. The number of fused-ring (bicyclic) bond motifs is 8. The summed E-state index contributed by atoms with van der Waals surface area (Å²) < 4.78 is 8.07. The minimum Gasteiger partial charge on any atom is -0.455 e. The zero-order valence-corrected chi connectivity index (χ0v) is 32.1. The van der Waals surface area contributed by atoms with E-state index in [4.69, 9.17) is 19.4 Å². The van der Waals surface area contributed by atoms with E-state index in [0.29, 0.717) is 17.5 Å². The molecule has 58 heavy (non-hydrogen) atoms. The Kier molecular flexibility index (Phi) is 7.50. The Bertz CT molecular complexity index is 3480. The van der Waals surface area contributed by atoms with E-state index in [1.807, 2.05) is 17.4 Å². The van der Waals surface area contributed by atoms with E-state index in [9.17, 15) is 0 Å². The lowest BCUT2D eigenvalue weighted by Gasteiger charge is -2.17. The van der Waals surface area contributed by atoms with Crippen LogP contribution in [0.15, 0.2) is 180 Å². The van der Waals surface area contributed by atoms with Crippen LogP contribution >= 0.6 is 11.3 Å². The van der Waals surface area contributed by atoms with Crippen LogP contribution in [0.3, 0.4) is 0 Å². The van der Waals surface area contributed by atoms with Gasteiger partial charge < -0.3 is 4.42 Å². The maximum Gasteiger partial charge on any atom is 0.164 e. The molecule has 1 aliphatic carbocycles. The lowest BCUT2D eigenvalue weighted by molar-refractivity contribution is 0.670. The molecule has 0 aliphatic heterocycles. The van der Waals surface area contributed by atoms with Gasteiger partial charge in [-0.1, -0.05) is 146 Å². The second-order valence-electron chi connectivity index (χ2n) is 15.0. The smallest absolute Gasteiger partial charge is 0.164 e. The fourth-order valence-electron chi connectivity index (χ4n) is 8.84. The van der Waals surface area contributed by atoms with E-state index in [2.05, 4.69) is 170 Å². The number of furan rings is 1. The van der Waals surface area contributed by atoms with Gasteiger partial charge in [0.25, 0.3) is 0 Å². The Labute approximate surface area is 338 Å². The van der Waals surface area contributed by atoms with Crippen molar-refractivity contribution in [2.24, 2.45) is 0 Å². The molecule has 5 heteroatoms. The van der Waals surface area contributed by atoms with Gasteiger partial charge in [0.2, 0.25) is 0 Å². The van der Waals surface area contributed by atoms with Crippen molar-refractivity contribution in [2.75, 3.05) is 0 Å². The number of thiophene rings is 1. The highest BCUT2D eigenvalue weighted by atomic mass is 32.1. The standard InChI is InChI=1S/C53H33N3OS/c1-3-14-34-30-36(26-24-32(34)12-1)38-28-29-40(49-42-18-7-9-21-45(42)57-50(38)49)39-16-5-6-17-41(39)52-54-51(37-27-25-33-13-2-4-15-35(33)31-37)55-53(56-52)44-20-11-23-47-48(44)43-19-8-10-22-46(43)58-47/h1-10,12-22,24-31H,11,23H2. The Balaban J connectivity index is 1.09. The largest absolute Gasteiger partial charge is 0.455 e. The molecule has 4 nitrogen and oxygen atoms in total. The summed E-state index contributed by atoms with van der Waals surface area (Å²) in [5.74, 6) is 1.98. The number of rotatable bonds is 5. The molecule has 272 valence electrons. The summed E-state index contributed by atoms with van der Waals surface area (Å²) >= 11 is 1.88. The van der Waals surface area contributed by atoms with E-state index >= 15 is 0 Å². The molecule has 1 aliphatic rings. The number of aryl methyl sites for hydroxylation is 1. The first-order valence-corrected chi connectivity index (χ1v) is 20.5. The second kappa shape index (κ2) is 13.2. The predicted molar refractivity (Wildman–Crippen MR) is 241 cm³/mol. The summed E-state index contributed by atoms with van der Waals surface area (Å²) in [5, 5.41) is 8.13. The molecule has 0 fully saturated rings. The third kappa shape index (κ3) is 5.32. The molecule has 0 unspecified atom stereocenters. The Morgan fingerprint density at radius 2 is 1.09 bits per heavy atom. The molecule has 0 N–H and O–H groups in total. The van der Waals surface area contributed by atoms with Crippen molar-refractivity contribution in [1.29, 1.82) is 0 Å². The average Bonchev–Trinajstić information content (AvgIpc) is 3.88. The molecule has 0 spiro atoms. The van der Waals surface area contributed by atoms with Gasteiger partial charge in [0.15, 0.2) is 17.5 Å². The summed E-state index contributed by atoms with van der Waals surface area (Å²) in [7, 11) is 0. The van der Waals surface area contributed by atoms with Crippen LogP contribution in [0.5, 0.6) is 0 Å². The van der Waals surface area contributed by atoms with Gasteiger partial charge in [-0.15, -0.1) is 11.3 Å². The Morgan fingerprint density at radius 3 is 1.91 bits per heavy atom. The van der Waals surface area contributed by atoms with Crippen molar-refractivity contribution in [1.82, 2.24) is 15.0 Å². The normalized spacial score (nSPS) is 12.8. The van der Waals surface area contributed by atoms with Gasteiger partial charge in [-0.3, -0.25) is 0 Å². The van der Waals surface area contributed by atoms with Crippen molar-refractivity contribution in [3.63, 3.8) is 0 Å². The highest BCUT2D eigenvalue weighted by Crippen LogP contribution is 2.46. The first-order chi connectivity index (χ1) is 28.7. The minimum absolute atomic E-state index is 0.635. The molecular formula is C53H33N3OS. The fraction of sp³-hybridized carbons (Fsp3) is 0.0377. The average molecular weight is 760 g/mol. The molecule has 0 saturated carbocycles. The molecule has 12 rings (SSSR count). The van der Waals surface area contributed by atoms with Gasteiger partial charge in [0.05, 0.1) is 0 Å². The van der Waals surface area contributed by atoms with Crippen molar-refractivity contribution in [2.45, 2.75) is 12.8 Å². The van der Waals surface area contributed by atoms with Crippen LogP contribution in [0.25, 0.3) is 104 Å². The van der Waals surface area contributed by atoms with Crippen LogP contribution in [-0.4, -0.2) is 15.0 Å². The first kappa shape index (κ1) is 33.0. The second-order valence-corrected chi connectivity index (χ2v) is 16.1. The van der Waals surface area contributed by atoms with Crippen LogP contribution < -0.4 is 0 Å². The van der Waals surface area contributed by atoms with Gasteiger partial charge in [-0.05, 0) is 81.4 Å². The lowest BCUT2D eigenvalue weighted by Crippen LogP contribution is -2.07. The highest BCUT2D eigenvalue weighted by molar-refractivity contribution is 7.19. The van der Waals surface area contributed by atoms with E-state index < -0.39 is 0 Å². The summed E-state index contributed by atoms with van der Waals surface area (Å²) in [6.45, 7) is 0. The number of hydrogen-bond acceptors (Lipinski definition) is 5.